The molecule has 1 aliphatic rings. The Labute approximate surface area is 431 Å². The summed E-state index contributed by atoms with van der Waals surface area (Å²) in [5.74, 6) is 2.04. The molecule has 0 amide bonds. The van der Waals surface area contributed by atoms with Crippen LogP contribution in [-0.4, -0.2) is 30.6 Å². The number of aromatic hydroxyl groups is 6. The van der Waals surface area contributed by atoms with Crippen molar-refractivity contribution in [3.63, 3.8) is 0 Å². The zero-order chi connectivity index (χ0) is 52.3. The van der Waals surface area contributed by atoms with Gasteiger partial charge < -0.3 is 30.6 Å². The Morgan fingerprint density at radius 1 is 0.236 bits per heavy atom. The lowest BCUT2D eigenvalue weighted by molar-refractivity contribution is 0.450. The highest BCUT2D eigenvalue weighted by molar-refractivity contribution is 5.59. The summed E-state index contributed by atoms with van der Waals surface area (Å²) in [6.07, 6.45) is 7.06. The van der Waals surface area contributed by atoms with Crippen LogP contribution in [0.25, 0.3) is 0 Å². The van der Waals surface area contributed by atoms with Crippen LogP contribution >= 0.6 is 0 Å². The fourth-order valence-electron chi connectivity index (χ4n) is 10.7. The minimum atomic E-state index is 0.149. The molecule has 6 heteroatoms. The molecule has 6 nitrogen and oxygen atoms in total. The summed E-state index contributed by atoms with van der Waals surface area (Å²) >= 11 is 0. The molecular weight excluding hydrogens is 889 g/mol. The molecule has 0 fully saturated rings. The number of hydrogen-bond donors (Lipinski definition) is 6. The lowest BCUT2D eigenvalue weighted by Crippen LogP contribution is -2.06. The molecule has 6 N–H and O–H groups in total. The van der Waals surface area contributed by atoms with E-state index in [4.69, 9.17) is 0 Å². The molecular formula is C66H84O6. The van der Waals surface area contributed by atoms with Crippen molar-refractivity contribution in [3.05, 3.63) is 173 Å². The van der Waals surface area contributed by atoms with Gasteiger partial charge in [-0.15, -0.1) is 0 Å². The fraction of sp³-hybridized carbons (Fsp3) is 0.455. The Morgan fingerprint density at radius 3 is 0.417 bits per heavy atom. The third-order valence-corrected chi connectivity index (χ3v) is 17.1. The molecule has 1 aliphatic carbocycles. The summed E-state index contributed by atoms with van der Waals surface area (Å²) in [4.78, 5) is 0. The van der Waals surface area contributed by atoms with Gasteiger partial charge in [0.15, 0.2) is 0 Å². The third-order valence-electron chi connectivity index (χ3n) is 17.1. The highest BCUT2D eigenvalue weighted by Crippen LogP contribution is 2.44. The van der Waals surface area contributed by atoms with E-state index in [0.717, 1.165) is 71.9 Å². The lowest BCUT2D eigenvalue weighted by atomic mass is 9.84. The van der Waals surface area contributed by atoms with Gasteiger partial charge in [-0.3, -0.25) is 0 Å². The summed E-state index contributed by atoms with van der Waals surface area (Å²) in [6.45, 7) is 26.2. The lowest BCUT2D eigenvalue weighted by Gasteiger charge is -2.22. The Hall–Kier alpha value is -5.88. The summed E-state index contributed by atoms with van der Waals surface area (Å²) in [6, 6.07) is 25.0. The summed E-state index contributed by atoms with van der Waals surface area (Å²) in [5.41, 5.74) is 15.0. The highest BCUT2D eigenvalue weighted by Gasteiger charge is 2.26. The van der Waals surface area contributed by atoms with E-state index in [1.165, 1.54) is 0 Å². The van der Waals surface area contributed by atoms with Gasteiger partial charge in [0.05, 0.1) is 0 Å². The number of phenolic OH excluding ortho intramolecular Hbond substituents is 6. The molecule has 0 radical (unpaired) electrons. The van der Waals surface area contributed by atoms with E-state index in [0.29, 0.717) is 66.8 Å². The molecule has 72 heavy (non-hydrogen) atoms. The zero-order valence-electron chi connectivity index (χ0n) is 45.6. The first-order valence-corrected chi connectivity index (χ1v) is 27.4. The van der Waals surface area contributed by atoms with Crippen molar-refractivity contribution in [2.75, 3.05) is 0 Å². The van der Waals surface area contributed by atoms with Crippen LogP contribution in [0.1, 0.15) is 257 Å². The second-order valence-corrected chi connectivity index (χ2v) is 22.0. The monoisotopic (exact) mass is 973 g/mol. The van der Waals surface area contributed by atoms with E-state index in [1.807, 2.05) is 0 Å². The third kappa shape index (κ3) is 11.3. The fourth-order valence-corrected chi connectivity index (χ4v) is 10.7. The van der Waals surface area contributed by atoms with E-state index >= 15 is 0 Å². The van der Waals surface area contributed by atoms with Crippen LogP contribution in [0.2, 0.25) is 0 Å². The molecule has 6 unspecified atom stereocenters. The quantitative estimate of drug-likeness (QED) is 0.0725. The van der Waals surface area contributed by atoms with Crippen LogP contribution in [0.15, 0.2) is 72.8 Å². The SMILES string of the molecule is CCC(C)c1cc2c(O)c(c1)Cc1cc(C(C)CC)cc(c1O)Cc1cc(C(C)CC)cc(c1O)Cc1cc(C(C)CC)cc(c1O)Cc1cc(C(C)CC)cc(c1O)Cc1cc(C(C)CC)cc(c1O)C2. The van der Waals surface area contributed by atoms with E-state index < -0.39 is 0 Å². The Balaban J connectivity index is 1.55. The summed E-state index contributed by atoms with van der Waals surface area (Å²) in [5, 5.41) is 74.7. The summed E-state index contributed by atoms with van der Waals surface area (Å²) in [7, 11) is 0. The predicted octanol–water partition coefficient (Wildman–Crippen LogP) is 16.9. The Bertz CT molecular complexity index is 2260. The van der Waals surface area contributed by atoms with Crippen LogP contribution in [0, 0.1) is 0 Å². The Morgan fingerprint density at radius 2 is 0.333 bits per heavy atom. The van der Waals surface area contributed by atoms with Crippen LogP contribution in [0.5, 0.6) is 34.5 Å². The van der Waals surface area contributed by atoms with Crippen LogP contribution in [0.4, 0.5) is 0 Å². The van der Waals surface area contributed by atoms with Gasteiger partial charge in [-0.25, -0.2) is 0 Å². The van der Waals surface area contributed by atoms with Gasteiger partial charge in [0.2, 0.25) is 0 Å². The van der Waals surface area contributed by atoms with Gasteiger partial charge in [-0.2, -0.15) is 0 Å². The maximum Gasteiger partial charge on any atom is 0.122 e. The maximum absolute atomic E-state index is 12.4. The van der Waals surface area contributed by atoms with Gasteiger partial charge in [-0.1, -0.05) is 156 Å². The Kier molecular flexibility index (Phi) is 17.1. The molecule has 0 heterocycles. The topological polar surface area (TPSA) is 121 Å². The molecule has 7 rings (SSSR count). The maximum atomic E-state index is 12.4. The van der Waals surface area contributed by atoms with E-state index in [1.54, 1.807) is 0 Å². The van der Waals surface area contributed by atoms with Crippen LogP contribution < -0.4 is 0 Å². The smallest absolute Gasteiger partial charge is 0.122 e. The second-order valence-electron chi connectivity index (χ2n) is 22.0. The van der Waals surface area contributed by atoms with Crippen LogP contribution in [-0.2, 0) is 38.5 Å². The first-order valence-electron chi connectivity index (χ1n) is 27.4. The van der Waals surface area contributed by atoms with E-state index in [2.05, 4.69) is 156 Å². The van der Waals surface area contributed by atoms with Crippen LogP contribution in [0.3, 0.4) is 0 Å². The first-order chi connectivity index (χ1) is 34.3. The standard InChI is InChI=1S/C66H84O6/c1-13-37(7)43-19-49-31-51-21-44(38(8)14-2)23-53(62(51)68)33-55-25-46(40(10)16-4)27-57(64(55)70)35-59-29-48(42(12)18-6)30-60(66(59)72)36-58-28-47(41(11)17-5)26-56(65(58)71)34-54-24-45(39(9)15-3)22-52(63(54)69)32-50(20-43)61(49)67/h19-30,37-42,67-72H,13-18,31-36H2,1-12H3. The molecule has 0 aromatic heterocycles. The zero-order valence-corrected chi connectivity index (χ0v) is 45.6. The first kappa shape index (κ1) is 53.9. The van der Waals surface area contributed by atoms with Crippen molar-refractivity contribution in [1.82, 2.24) is 0 Å². The van der Waals surface area contributed by atoms with Crippen molar-refractivity contribution in [2.24, 2.45) is 0 Å². The minimum Gasteiger partial charge on any atom is -0.507 e. The number of phenols is 6. The molecule has 6 aromatic carbocycles. The molecule has 12 bridgehead atoms. The second kappa shape index (κ2) is 22.9. The largest absolute Gasteiger partial charge is 0.507 e. The van der Waals surface area contributed by atoms with E-state index in [-0.39, 0.29) is 109 Å². The molecule has 0 aliphatic heterocycles. The van der Waals surface area contributed by atoms with Crippen molar-refractivity contribution in [1.29, 1.82) is 0 Å². The van der Waals surface area contributed by atoms with Crippen molar-refractivity contribution < 1.29 is 30.6 Å². The van der Waals surface area contributed by atoms with Gasteiger partial charge >= 0.3 is 0 Å². The van der Waals surface area contributed by atoms with E-state index in [9.17, 15) is 30.6 Å². The number of benzene rings is 6. The average Bonchev–Trinajstić information content (AvgIpc) is 3.38. The molecule has 6 atom stereocenters. The number of hydrogen-bond acceptors (Lipinski definition) is 6. The normalized spacial score (nSPS) is 15.5. The van der Waals surface area contributed by atoms with Gasteiger partial charge in [0.25, 0.3) is 0 Å². The molecule has 6 aromatic rings. The van der Waals surface area contributed by atoms with Gasteiger partial charge in [0.1, 0.15) is 34.5 Å². The molecule has 0 saturated heterocycles. The minimum absolute atomic E-state index is 0.149. The predicted molar refractivity (Wildman–Crippen MR) is 298 cm³/mol. The molecule has 384 valence electrons. The number of rotatable bonds is 12. The van der Waals surface area contributed by atoms with Crippen molar-refractivity contribution >= 4 is 0 Å². The summed E-state index contributed by atoms with van der Waals surface area (Å²) < 4.78 is 0. The average molecular weight is 973 g/mol. The van der Waals surface area contributed by atoms with Gasteiger partial charge in [-0.05, 0) is 174 Å². The van der Waals surface area contributed by atoms with Gasteiger partial charge in [0, 0.05) is 38.5 Å². The molecule has 0 spiro atoms. The number of fused-ring (bicyclic) bond motifs is 12. The molecule has 0 saturated carbocycles. The van der Waals surface area contributed by atoms with Crippen molar-refractivity contribution in [2.45, 2.75) is 196 Å². The highest BCUT2D eigenvalue weighted by atomic mass is 16.3. The van der Waals surface area contributed by atoms with Crippen molar-refractivity contribution in [3.8, 4) is 34.5 Å².